The number of halogens is 3. The lowest BCUT2D eigenvalue weighted by Crippen LogP contribution is -2.20. The Morgan fingerprint density at radius 2 is 1.94 bits per heavy atom. The van der Waals surface area contributed by atoms with Crippen molar-refractivity contribution in [1.29, 1.82) is 0 Å². The van der Waals surface area contributed by atoms with Gasteiger partial charge in [0.1, 0.15) is 16.9 Å². The Kier molecular flexibility index (Phi) is 2.38. The summed E-state index contributed by atoms with van der Waals surface area (Å²) in [5, 5.41) is 9.30. The molecule has 6 heteroatoms. The summed E-state index contributed by atoms with van der Waals surface area (Å²) in [6.45, 7) is 1.19. The van der Waals surface area contributed by atoms with Crippen LogP contribution in [0, 0.1) is 6.92 Å². The summed E-state index contributed by atoms with van der Waals surface area (Å²) < 4.78 is 42.4. The summed E-state index contributed by atoms with van der Waals surface area (Å²) in [6.07, 6.45) is -4.75. The molecule has 0 aliphatic heterocycles. The molecule has 0 atom stereocenters. The van der Waals surface area contributed by atoms with Gasteiger partial charge in [0.15, 0.2) is 0 Å². The first kappa shape index (κ1) is 11.5. The van der Waals surface area contributed by atoms with Crippen LogP contribution in [-0.4, -0.2) is 5.11 Å². The third-order valence-electron chi connectivity index (χ3n) is 2.43. The predicted molar refractivity (Wildman–Crippen MR) is 53.9 cm³/mol. The number of rotatable bonds is 0. The second-order valence-electron chi connectivity index (χ2n) is 3.57. The molecule has 0 unspecified atom stereocenters. The molecule has 2 rings (SSSR count). The molecule has 3 nitrogen and oxygen atoms in total. The van der Waals surface area contributed by atoms with Crippen LogP contribution in [0.3, 0.4) is 0 Å². The van der Waals surface area contributed by atoms with Gasteiger partial charge in [-0.1, -0.05) is 0 Å². The smallest absolute Gasteiger partial charge is 0.423 e. The Bertz CT molecular complexity index is 641. The molecule has 2 aromatic rings. The molecular weight excluding hydrogens is 237 g/mol. The number of fused-ring (bicyclic) bond motifs is 1. The molecule has 0 aliphatic rings. The zero-order valence-corrected chi connectivity index (χ0v) is 8.63. The molecule has 1 aromatic carbocycles. The van der Waals surface area contributed by atoms with Crippen molar-refractivity contribution < 1.29 is 22.7 Å². The highest BCUT2D eigenvalue weighted by Crippen LogP contribution is 2.33. The average molecular weight is 244 g/mol. The van der Waals surface area contributed by atoms with E-state index in [1.54, 1.807) is 0 Å². The Morgan fingerprint density at radius 3 is 2.53 bits per heavy atom. The summed E-state index contributed by atoms with van der Waals surface area (Å²) in [6, 6.07) is 3.61. The first-order chi connectivity index (χ1) is 7.80. The molecule has 1 aromatic heterocycles. The van der Waals surface area contributed by atoms with Crippen LogP contribution < -0.4 is 5.63 Å². The van der Waals surface area contributed by atoms with Gasteiger partial charge in [-0.15, -0.1) is 0 Å². The van der Waals surface area contributed by atoms with Gasteiger partial charge in [0.25, 0.3) is 0 Å². The minimum absolute atomic E-state index is 0.0690. The number of hydrogen-bond donors (Lipinski definition) is 1. The Morgan fingerprint density at radius 1 is 1.29 bits per heavy atom. The summed E-state index contributed by atoms with van der Waals surface area (Å²) >= 11 is 0. The maximum Gasteiger partial charge on any atom is 0.423 e. The monoisotopic (exact) mass is 244 g/mol. The van der Waals surface area contributed by atoms with Gasteiger partial charge in [-0.2, -0.15) is 13.2 Å². The second kappa shape index (κ2) is 3.51. The van der Waals surface area contributed by atoms with Crippen LogP contribution in [0.1, 0.15) is 11.1 Å². The molecule has 0 amide bonds. The van der Waals surface area contributed by atoms with Gasteiger partial charge in [0, 0.05) is 11.5 Å². The normalized spacial score (nSPS) is 12.0. The lowest BCUT2D eigenvalue weighted by atomic mass is 10.1. The molecule has 0 bridgehead atoms. The molecule has 0 saturated heterocycles. The van der Waals surface area contributed by atoms with E-state index >= 15 is 0 Å². The fraction of sp³-hybridized carbons (Fsp3) is 0.182. The van der Waals surface area contributed by atoms with Crippen molar-refractivity contribution in [1.82, 2.24) is 0 Å². The third kappa shape index (κ3) is 1.86. The number of benzene rings is 1. The summed E-state index contributed by atoms with van der Waals surface area (Å²) in [7, 11) is 0. The van der Waals surface area contributed by atoms with Gasteiger partial charge < -0.3 is 9.52 Å². The van der Waals surface area contributed by atoms with Crippen molar-refractivity contribution in [3.05, 3.63) is 39.7 Å². The van der Waals surface area contributed by atoms with Crippen LogP contribution in [0.25, 0.3) is 11.0 Å². The van der Waals surface area contributed by atoms with Crippen molar-refractivity contribution >= 4 is 11.0 Å². The first-order valence-corrected chi connectivity index (χ1v) is 4.64. The molecule has 0 radical (unpaired) electrons. The van der Waals surface area contributed by atoms with Crippen molar-refractivity contribution in [3.8, 4) is 5.75 Å². The Labute approximate surface area is 93.1 Å². The lowest BCUT2D eigenvalue weighted by Gasteiger charge is -2.10. The predicted octanol–water partition coefficient (Wildman–Crippen LogP) is 2.83. The maximum atomic E-state index is 12.6. The number of alkyl halides is 3. The number of aromatic hydroxyl groups is 1. The molecule has 0 aliphatic carbocycles. The standard InChI is InChI=1S/C11H7F3O3/c1-5-7-3-2-6(15)4-8(7)17-10(16)9(5)11(12,13)14/h2-4,15H,1H3. The first-order valence-electron chi connectivity index (χ1n) is 4.64. The highest BCUT2D eigenvalue weighted by Gasteiger charge is 2.37. The zero-order chi connectivity index (χ0) is 12.8. The summed E-state index contributed by atoms with van der Waals surface area (Å²) in [4.78, 5) is 11.2. The van der Waals surface area contributed by atoms with E-state index in [1.807, 2.05) is 0 Å². The van der Waals surface area contributed by atoms with Gasteiger partial charge >= 0.3 is 11.8 Å². The van der Waals surface area contributed by atoms with E-state index in [0.29, 0.717) is 0 Å². The quantitative estimate of drug-likeness (QED) is 0.725. The molecule has 0 spiro atoms. The van der Waals surface area contributed by atoms with E-state index in [4.69, 9.17) is 5.11 Å². The average Bonchev–Trinajstić information content (AvgIpc) is 2.13. The topological polar surface area (TPSA) is 50.4 Å². The Balaban J connectivity index is 2.91. The van der Waals surface area contributed by atoms with Gasteiger partial charge in [0.05, 0.1) is 0 Å². The molecule has 90 valence electrons. The summed E-state index contributed by atoms with van der Waals surface area (Å²) in [5.41, 5.74) is -3.03. The van der Waals surface area contributed by atoms with Crippen molar-refractivity contribution in [3.63, 3.8) is 0 Å². The van der Waals surface area contributed by atoms with E-state index in [-0.39, 0.29) is 22.3 Å². The second-order valence-corrected chi connectivity index (χ2v) is 3.57. The summed E-state index contributed by atoms with van der Waals surface area (Å²) in [5.74, 6) is -0.181. The number of phenolic OH excluding ortho intramolecular Hbond substituents is 1. The van der Waals surface area contributed by atoms with Crippen LogP contribution in [0.2, 0.25) is 0 Å². The lowest BCUT2D eigenvalue weighted by molar-refractivity contribution is -0.140. The molecule has 17 heavy (non-hydrogen) atoms. The van der Waals surface area contributed by atoms with Crippen LogP contribution in [-0.2, 0) is 6.18 Å². The minimum atomic E-state index is -4.75. The molecule has 1 heterocycles. The van der Waals surface area contributed by atoms with E-state index in [0.717, 1.165) is 6.07 Å². The highest BCUT2D eigenvalue weighted by molar-refractivity contribution is 5.82. The van der Waals surface area contributed by atoms with E-state index in [1.165, 1.54) is 19.1 Å². The van der Waals surface area contributed by atoms with Crippen LogP contribution in [0.5, 0.6) is 5.75 Å². The van der Waals surface area contributed by atoms with Gasteiger partial charge in [-0.3, -0.25) is 0 Å². The molecule has 1 N–H and O–H groups in total. The van der Waals surface area contributed by atoms with Crippen LogP contribution in [0.4, 0.5) is 13.2 Å². The van der Waals surface area contributed by atoms with E-state index < -0.39 is 17.4 Å². The maximum absolute atomic E-state index is 12.6. The Hall–Kier alpha value is -1.98. The van der Waals surface area contributed by atoms with Gasteiger partial charge in [-0.25, -0.2) is 4.79 Å². The van der Waals surface area contributed by atoms with Gasteiger partial charge in [-0.05, 0) is 24.6 Å². The van der Waals surface area contributed by atoms with Crippen molar-refractivity contribution in [2.45, 2.75) is 13.1 Å². The SMILES string of the molecule is Cc1c(C(F)(F)F)c(=O)oc2cc(O)ccc12. The largest absolute Gasteiger partial charge is 0.508 e. The third-order valence-corrected chi connectivity index (χ3v) is 2.43. The van der Waals surface area contributed by atoms with Crippen LogP contribution in [0.15, 0.2) is 27.4 Å². The number of phenols is 1. The molecular formula is C11H7F3O3. The zero-order valence-electron chi connectivity index (χ0n) is 8.63. The fourth-order valence-electron chi connectivity index (χ4n) is 1.67. The number of hydrogen-bond acceptors (Lipinski definition) is 3. The highest BCUT2D eigenvalue weighted by atomic mass is 19.4. The van der Waals surface area contributed by atoms with Crippen LogP contribution >= 0.6 is 0 Å². The number of aryl methyl sites for hydroxylation is 1. The van der Waals surface area contributed by atoms with Gasteiger partial charge in [0.2, 0.25) is 0 Å². The van der Waals surface area contributed by atoms with E-state index in [9.17, 15) is 18.0 Å². The fourth-order valence-corrected chi connectivity index (χ4v) is 1.67. The molecule has 0 saturated carbocycles. The molecule has 0 fully saturated rings. The van der Waals surface area contributed by atoms with Crippen molar-refractivity contribution in [2.24, 2.45) is 0 Å². The van der Waals surface area contributed by atoms with E-state index in [2.05, 4.69) is 4.42 Å². The van der Waals surface area contributed by atoms with Crippen molar-refractivity contribution in [2.75, 3.05) is 0 Å². The minimum Gasteiger partial charge on any atom is -0.508 e.